The number of hydrogen-bond acceptors (Lipinski definition) is 5. The van der Waals surface area contributed by atoms with Crippen LogP contribution in [0.25, 0.3) is 0 Å². The smallest absolute Gasteiger partial charge is 0.264 e. The molecule has 0 radical (unpaired) electrons. The second-order valence-corrected chi connectivity index (χ2v) is 11.8. The highest BCUT2D eigenvalue weighted by atomic mass is 32.2. The van der Waals surface area contributed by atoms with Crippen LogP contribution >= 0.6 is 11.8 Å². The van der Waals surface area contributed by atoms with Crippen molar-refractivity contribution in [2.45, 2.75) is 49.6 Å². The predicted molar refractivity (Wildman–Crippen MR) is 154 cm³/mol. The van der Waals surface area contributed by atoms with Gasteiger partial charge in [-0.25, -0.2) is 12.8 Å². The fraction of sp³-hybridized carbons (Fsp3) is 0.310. The Kier molecular flexibility index (Phi) is 10.5. The third-order valence-electron chi connectivity index (χ3n) is 6.26. The van der Waals surface area contributed by atoms with Gasteiger partial charge in [0.1, 0.15) is 18.4 Å². The summed E-state index contributed by atoms with van der Waals surface area (Å²) in [6.45, 7) is 4.98. The van der Waals surface area contributed by atoms with Crippen LogP contribution in [0, 0.1) is 12.7 Å². The summed E-state index contributed by atoms with van der Waals surface area (Å²) in [6.07, 6.45) is 2.59. The van der Waals surface area contributed by atoms with Gasteiger partial charge in [0.2, 0.25) is 11.8 Å². The molecule has 0 saturated heterocycles. The maximum absolute atomic E-state index is 14.6. The van der Waals surface area contributed by atoms with Crippen LogP contribution in [0.1, 0.15) is 31.4 Å². The first-order valence-electron chi connectivity index (χ1n) is 12.6. The minimum atomic E-state index is -4.16. The molecule has 7 nitrogen and oxygen atoms in total. The molecule has 0 aromatic heterocycles. The average Bonchev–Trinajstić information content (AvgIpc) is 2.94. The lowest BCUT2D eigenvalue weighted by Gasteiger charge is -2.32. The van der Waals surface area contributed by atoms with Gasteiger partial charge in [0.15, 0.2) is 0 Å². The molecule has 1 atom stereocenters. The number of carbonyl (C=O) groups excluding carboxylic acids is 2. The molecule has 0 fully saturated rings. The van der Waals surface area contributed by atoms with E-state index in [2.05, 4.69) is 5.32 Å². The van der Waals surface area contributed by atoms with Crippen molar-refractivity contribution in [1.82, 2.24) is 10.2 Å². The van der Waals surface area contributed by atoms with E-state index >= 15 is 0 Å². The fourth-order valence-corrected chi connectivity index (χ4v) is 5.73. The minimum absolute atomic E-state index is 0.0306. The quantitative estimate of drug-likeness (QED) is 0.310. The van der Waals surface area contributed by atoms with Crippen molar-refractivity contribution in [3.63, 3.8) is 0 Å². The topological polar surface area (TPSA) is 86.8 Å². The van der Waals surface area contributed by atoms with E-state index in [1.54, 1.807) is 49.4 Å². The molecule has 3 rings (SSSR count). The number of sulfonamides is 1. The molecule has 1 N–H and O–H groups in total. The van der Waals surface area contributed by atoms with Crippen LogP contribution < -0.4 is 9.62 Å². The summed E-state index contributed by atoms with van der Waals surface area (Å²) in [5, 5.41) is 2.77. The number of hydrogen-bond donors (Lipinski definition) is 1. The van der Waals surface area contributed by atoms with Crippen LogP contribution in [0.5, 0.6) is 0 Å². The van der Waals surface area contributed by atoms with Crippen LogP contribution in [0.3, 0.4) is 0 Å². The van der Waals surface area contributed by atoms with Gasteiger partial charge in [0.05, 0.1) is 10.6 Å². The Bertz CT molecular complexity index is 1380. The summed E-state index contributed by atoms with van der Waals surface area (Å²) < 4.78 is 43.3. The molecule has 39 heavy (non-hydrogen) atoms. The molecule has 0 saturated carbocycles. The Hall–Kier alpha value is -3.37. The Balaban J connectivity index is 2.02. The van der Waals surface area contributed by atoms with Gasteiger partial charge in [-0.05, 0) is 69.0 Å². The van der Waals surface area contributed by atoms with Crippen molar-refractivity contribution in [3.05, 3.63) is 89.7 Å². The monoisotopic (exact) mass is 571 g/mol. The van der Waals surface area contributed by atoms with Crippen molar-refractivity contribution in [2.24, 2.45) is 0 Å². The van der Waals surface area contributed by atoms with Gasteiger partial charge in [0, 0.05) is 23.5 Å². The fourth-order valence-electron chi connectivity index (χ4n) is 3.90. The average molecular weight is 572 g/mol. The van der Waals surface area contributed by atoms with E-state index in [-0.39, 0.29) is 17.0 Å². The Morgan fingerprint density at radius 3 is 2.23 bits per heavy atom. The highest BCUT2D eigenvalue weighted by Gasteiger charge is 2.32. The van der Waals surface area contributed by atoms with E-state index in [0.29, 0.717) is 18.7 Å². The van der Waals surface area contributed by atoms with Gasteiger partial charge in [0.25, 0.3) is 10.0 Å². The lowest BCUT2D eigenvalue weighted by Crippen LogP contribution is -2.51. The van der Waals surface area contributed by atoms with Crippen LogP contribution in [0.15, 0.2) is 82.6 Å². The zero-order valence-electron chi connectivity index (χ0n) is 22.6. The lowest BCUT2D eigenvalue weighted by molar-refractivity contribution is -0.139. The number of carbonyl (C=O) groups is 2. The maximum atomic E-state index is 14.6. The SMILES string of the molecule is CCCNC(=O)[C@@H](C)N(Cc1ccccc1F)C(=O)CN(c1ccc(C)cc1)S(=O)(=O)c1ccc(SC)cc1. The highest BCUT2D eigenvalue weighted by molar-refractivity contribution is 7.98. The van der Waals surface area contributed by atoms with Crippen LogP contribution in [0.4, 0.5) is 10.1 Å². The van der Waals surface area contributed by atoms with Gasteiger partial charge >= 0.3 is 0 Å². The molecular weight excluding hydrogens is 537 g/mol. The van der Waals surface area contributed by atoms with Crippen molar-refractivity contribution < 1.29 is 22.4 Å². The van der Waals surface area contributed by atoms with Crippen LogP contribution in [-0.4, -0.2) is 50.5 Å². The number of halogens is 1. The van der Waals surface area contributed by atoms with Crippen molar-refractivity contribution in [3.8, 4) is 0 Å². The summed E-state index contributed by atoms with van der Waals surface area (Å²) in [5.41, 5.74) is 1.45. The molecule has 0 aliphatic heterocycles. The van der Waals surface area contributed by atoms with E-state index < -0.39 is 40.2 Å². The van der Waals surface area contributed by atoms with Crippen LogP contribution in [0.2, 0.25) is 0 Å². The van der Waals surface area contributed by atoms with Crippen molar-refractivity contribution >= 4 is 39.3 Å². The molecule has 2 amide bonds. The summed E-state index contributed by atoms with van der Waals surface area (Å²) in [5.74, 6) is -1.56. The normalized spacial score (nSPS) is 12.0. The third kappa shape index (κ3) is 7.60. The molecule has 0 bridgehead atoms. The lowest BCUT2D eigenvalue weighted by atomic mass is 10.1. The number of benzene rings is 3. The number of aryl methyl sites for hydroxylation is 1. The van der Waals surface area contributed by atoms with E-state index in [1.165, 1.54) is 47.0 Å². The van der Waals surface area contributed by atoms with Gasteiger partial charge in [-0.1, -0.05) is 42.8 Å². The first-order chi connectivity index (χ1) is 18.6. The van der Waals surface area contributed by atoms with Gasteiger partial charge in [-0.2, -0.15) is 0 Å². The molecule has 0 spiro atoms. The van der Waals surface area contributed by atoms with E-state index in [1.807, 2.05) is 20.1 Å². The molecule has 3 aromatic carbocycles. The zero-order valence-corrected chi connectivity index (χ0v) is 24.2. The van der Waals surface area contributed by atoms with Gasteiger partial charge in [-0.3, -0.25) is 13.9 Å². The summed E-state index contributed by atoms with van der Waals surface area (Å²) in [6, 6.07) is 18.2. The Morgan fingerprint density at radius 2 is 1.64 bits per heavy atom. The Labute approximate surface area is 234 Å². The highest BCUT2D eigenvalue weighted by Crippen LogP contribution is 2.26. The summed E-state index contributed by atoms with van der Waals surface area (Å²) in [4.78, 5) is 28.8. The number of anilines is 1. The molecule has 0 aliphatic carbocycles. The largest absolute Gasteiger partial charge is 0.354 e. The number of amides is 2. The second-order valence-electron chi connectivity index (χ2n) is 9.10. The number of nitrogens with zero attached hydrogens (tertiary/aromatic N) is 2. The summed E-state index contributed by atoms with van der Waals surface area (Å²) in [7, 11) is -4.16. The van der Waals surface area contributed by atoms with E-state index in [4.69, 9.17) is 0 Å². The standard InChI is InChI=1S/C29H34FN3O4S2/c1-5-18-31-29(35)22(3)32(19-23-8-6-7-9-27(23)30)28(34)20-33(24-12-10-21(2)11-13-24)39(36,37)26-16-14-25(38-4)15-17-26/h6-17,22H,5,18-20H2,1-4H3,(H,31,35)/t22-/m1/s1. The molecule has 0 aliphatic rings. The number of thioether (sulfide) groups is 1. The molecule has 0 unspecified atom stereocenters. The molecule has 208 valence electrons. The zero-order chi connectivity index (χ0) is 28.6. The van der Waals surface area contributed by atoms with Gasteiger partial charge in [-0.15, -0.1) is 11.8 Å². The predicted octanol–water partition coefficient (Wildman–Crippen LogP) is 4.99. The molecule has 10 heteroatoms. The molecule has 3 aromatic rings. The second kappa shape index (κ2) is 13.6. The molecule has 0 heterocycles. The first kappa shape index (κ1) is 30.2. The maximum Gasteiger partial charge on any atom is 0.264 e. The van der Waals surface area contributed by atoms with E-state index in [0.717, 1.165) is 14.8 Å². The Morgan fingerprint density at radius 1 is 1.00 bits per heavy atom. The number of rotatable bonds is 12. The summed E-state index contributed by atoms with van der Waals surface area (Å²) >= 11 is 1.48. The van der Waals surface area contributed by atoms with Crippen LogP contribution in [-0.2, 0) is 26.2 Å². The van der Waals surface area contributed by atoms with Gasteiger partial charge < -0.3 is 10.2 Å². The number of nitrogens with one attached hydrogen (secondary N) is 1. The molecular formula is C29H34FN3O4S2. The van der Waals surface area contributed by atoms with E-state index in [9.17, 15) is 22.4 Å². The minimum Gasteiger partial charge on any atom is -0.354 e. The third-order valence-corrected chi connectivity index (χ3v) is 8.79. The van der Waals surface area contributed by atoms with Crippen molar-refractivity contribution in [1.29, 1.82) is 0 Å². The van der Waals surface area contributed by atoms with Crippen molar-refractivity contribution in [2.75, 3.05) is 23.7 Å². The first-order valence-corrected chi connectivity index (χ1v) is 15.3.